The molecule has 2 atom stereocenters. The first-order valence-electron chi connectivity index (χ1n) is 6.91. The molecule has 0 aliphatic heterocycles. The molecule has 0 bridgehead atoms. The Hall–Kier alpha value is -1.82. The molecule has 0 heterocycles. The fraction of sp³-hybridized carbons (Fsp3) is 0.500. The molecule has 0 spiro atoms. The second kappa shape index (κ2) is 8.31. The summed E-state index contributed by atoms with van der Waals surface area (Å²) in [5.74, 6) is -0.644. The Morgan fingerprint density at radius 3 is 2.58 bits per heavy atom. The third-order valence-electron chi connectivity index (χ3n) is 3.15. The van der Waals surface area contributed by atoms with Gasteiger partial charge in [0.1, 0.15) is 5.92 Å². The van der Waals surface area contributed by atoms with Gasteiger partial charge in [0, 0.05) is 6.04 Å². The molecular formula is C16H22N2O. The van der Waals surface area contributed by atoms with Crippen LogP contribution in [0, 0.1) is 17.2 Å². The molecule has 0 aromatic heterocycles. The van der Waals surface area contributed by atoms with Gasteiger partial charge in [-0.15, -0.1) is 0 Å². The van der Waals surface area contributed by atoms with Crippen molar-refractivity contribution in [1.82, 2.24) is 5.32 Å². The predicted molar refractivity (Wildman–Crippen MR) is 76.4 cm³/mol. The summed E-state index contributed by atoms with van der Waals surface area (Å²) in [6, 6.07) is 12.4. The number of benzene rings is 1. The van der Waals surface area contributed by atoms with Crippen LogP contribution in [-0.2, 0) is 11.2 Å². The Morgan fingerprint density at radius 2 is 2.00 bits per heavy atom. The molecule has 2 unspecified atom stereocenters. The van der Waals surface area contributed by atoms with Crippen LogP contribution < -0.4 is 5.32 Å². The minimum Gasteiger partial charge on any atom is -0.353 e. The fourth-order valence-corrected chi connectivity index (χ4v) is 1.99. The summed E-state index contributed by atoms with van der Waals surface area (Å²) < 4.78 is 0. The molecule has 0 aliphatic carbocycles. The zero-order chi connectivity index (χ0) is 14.1. The number of nitrogens with zero attached hydrogens (tertiary/aromatic N) is 1. The lowest BCUT2D eigenvalue weighted by molar-refractivity contribution is -0.124. The first-order chi connectivity index (χ1) is 9.17. The van der Waals surface area contributed by atoms with E-state index in [1.807, 2.05) is 32.0 Å². The maximum absolute atomic E-state index is 11.9. The topological polar surface area (TPSA) is 52.9 Å². The maximum atomic E-state index is 11.9. The molecule has 19 heavy (non-hydrogen) atoms. The van der Waals surface area contributed by atoms with Crippen molar-refractivity contribution in [3.05, 3.63) is 35.9 Å². The predicted octanol–water partition coefficient (Wildman–Crippen LogP) is 3.06. The number of carbonyl (C=O) groups is 1. The van der Waals surface area contributed by atoms with Gasteiger partial charge in [-0.3, -0.25) is 4.79 Å². The molecule has 102 valence electrons. The zero-order valence-electron chi connectivity index (χ0n) is 11.7. The normalized spacial score (nSPS) is 13.3. The van der Waals surface area contributed by atoms with Crippen molar-refractivity contribution in [1.29, 1.82) is 5.26 Å². The highest BCUT2D eigenvalue weighted by Crippen LogP contribution is 2.08. The monoisotopic (exact) mass is 258 g/mol. The van der Waals surface area contributed by atoms with Crippen LogP contribution in [0.3, 0.4) is 0 Å². The Morgan fingerprint density at radius 1 is 1.32 bits per heavy atom. The molecule has 1 amide bonds. The first kappa shape index (κ1) is 15.2. The van der Waals surface area contributed by atoms with Crippen molar-refractivity contribution in [3.8, 4) is 6.07 Å². The molecule has 1 aromatic carbocycles. The van der Waals surface area contributed by atoms with Gasteiger partial charge in [-0.1, -0.05) is 43.7 Å². The van der Waals surface area contributed by atoms with E-state index in [0.29, 0.717) is 6.42 Å². The fourth-order valence-electron chi connectivity index (χ4n) is 1.99. The third-order valence-corrected chi connectivity index (χ3v) is 3.15. The quantitative estimate of drug-likeness (QED) is 0.817. The van der Waals surface area contributed by atoms with Crippen molar-refractivity contribution in [3.63, 3.8) is 0 Å². The van der Waals surface area contributed by atoms with Crippen LogP contribution in [0.5, 0.6) is 0 Å². The van der Waals surface area contributed by atoms with Crippen LogP contribution in [0.15, 0.2) is 30.3 Å². The average molecular weight is 258 g/mol. The van der Waals surface area contributed by atoms with E-state index in [1.165, 1.54) is 5.56 Å². The summed E-state index contributed by atoms with van der Waals surface area (Å²) in [6.45, 7) is 3.97. The minimum absolute atomic E-state index is 0.0976. The molecule has 0 saturated carbocycles. The number of amides is 1. The second-order valence-corrected chi connectivity index (χ2v) is 4.90. The van der Waals surface area contributed by atoms with Gasteiger partial charge in [0.25, 0.3) is 0 Å². The number of hydrogen-bond donors (Lipinski definition) is 1. The van der Waals surface area contributed by atoms with Gasteiger partial charge in [0.15, 0.2) is 0 Å². The summed E-state index contributed by atoms with van der Waals surface area (Å²) in [7, 11) is 0. The largest absolute Gasteiger partial charge is 0.353 e. The van der Waals surface area contributed by atoms with Crippen molar-refractivity contribution < 1.29 is 4.79 Å². The number of rotatable bonds is 7. The molecule has 1 N–H and O–H groups in total. The number of hydrogen-bond acceptors (Lipinski definition) is 2. The molecule has 3 nitrogen and oxygen atoms in total. The SMILES string of the molecule is CCCC(C#N)C(=O)NC(C)CCc1ccccc1. The van der Waals surface area contributed by atoms with Crippen molar-refractivity contribution in [2.24, 2.45) is 5.92 Å². The van der Waals surface area contributed by atoms with Crippen LogP contribution in [0.4, 0.5) is 0 Å². The van der Waals surface area contributed by atoms with E-state index in [1.54, 1.807) is 0 Å². The summed E-state index contributed by atoms with van der Waals surface area (Å²) in [5, 5.41) is 11.9. The average Bonchev–Trinajstić information content (AvgIpc) is 2.43. The second-order valence-electron chi connectivity index (χ2n) is 4.90. The Kier molecular flexibility index (Phi) is 6.67. The third kappa shape index (κ3) is 5.56. The van der Waals surface area contributed by atoms with E-state index in [-0.39, 0.29) is 11.9 Å². The number of aryl methyl sites for hydroxylation is 1. The standard InChI is InChI=1S/C16H22N2O/c1-3-7-15(12-17)16(19)18-13(2)10-11-14-8-5-4-6-9-14/h4-6,8-9,13,15H,3,7,10-11H2,1-2H3,(H,18,19). The van der Waals surface area contributed by atoms with Crippen LogP contribution in [0.25, 0.3) is 0 Å². The smallest absolute Gasteiger partial charge is 0.237 e. The molecule has 0 aliphatic rings. The summed E-state index contributed by atoms with van der Waals surface area (Å²) in [6.07, 6.45) is 3.31. The van der Waals surface area contributed by atoms with E-state index in [9.17, 15) is 4.79 Å². The van der Waals surface area contributed by atoms with Gasteiger partial charge in [-0.25, -0.2) is 0 Å². The Balaban J connectivity index is 2.36. The molecule has 0 radical (unpaired) electrons. The summed E-state index contributed by atoms with van der Waals surface area (Å²) in [5.41, 5.74) is 1.27. The lowest BCUT2D eigenvalue weighted by Crippen LogP contribution is -2.37. The molecule has 0 saturated heterocycles. The zero-order valence-corrected chi connectivity index (χ0v) is 11.7. The molecule has 0 fully saturated rings. The van der Waals surface area contributed by atoms with E-state index >= 15 is 0 Å². The number of carbonyl (C=O) groups excluding carboxylic acids is 1. The van der Waals surface area contributed by atoms with E-state index < -0.39 is 5.92 Å². The van der Waals surface area contributed by atoms with Crippen LogP contribution >= 0.6 is 0 Å². The molecule has 3 heteroatoms. The molecule has 1 rings (SSSR count). The van der Waals surface area contributed by atoms with Gasteiger partial charge >= 0.3 is 0 Å². The lowest BCUT2D eigenvalue weighted by atomic mass is 10.0. The number of nitrogens with one attached hydrogen (secondary N) is 1. The molecule has 1 aromatic rings. The highest BCUT2D eigenvalue weighted by Gasteiger charge is 2.18. The highest BCUT2D eigenvalue weighted by atomic mass is 16.1. The lowest BCUT2D eigenvalue weighted by Gasteiger charge is -2.16. The van der Waals surface area contributed by atoms with E-state index in [4.69, 9.17) is 5.26 Å². The minimum atomic E-state index is -0.510. The van der Waals surface area contributed by atoms with E-state index in [2.05, 4.69) is 23.5 Å². The first-order valence-corrected chi connectivity index (χ1v) is 6.91. The van der Waals surface area contributed by atoms with Crippen LogP contribution in [-0.4, -0.2) is 11.9 Å². The Labute approximate surface area is 115 Å². The molecular weight excluding hydrogens is 236 g/mol. The van der Waals surface area contributed by atoms with Gasteiger partial charge in [-0.05, 0) is 31.7 Å². The van der Waals surface area contributed by atoms with Gasteiger partial charge < -0.3 is 5.32 Å². The van der Waals surface area contributed by atoms with Crippen LogP contribution in [0.1, 0.15) is 38.7 Å². The van der Waals surface area contributed by atoms with Crippen molar-refractivity contribution in [2.45, 2.75) is 45.6 Å². The maximum Gasteiger partial charge on any atom is 0.237 e. The highest BCUT2D eigenvalue weighted by molar-refractivity contribution is 5.81. The van der Waals surface area contributed by atoms with Gasteiger partial charge in [-0.2, -0.15) is 5.26 Å². The summed E-state index contributed by atoms with van der Waals surface area (Å²) in [4.78, 5) is 11.9. The number of nitriles is 1. The van der Waals surface area contributed by atoms with Crippen molar-refractivity contribution in [2.75, 3.05) is 0 Å². The summed E-state index contributed by atoms with van der Waals surface area (Å²) >= 11 is 0. The van der Waals surface area contributed by atoms with E-state index in [0.717, 1.165) is 19.3 Å². The van der Waals surface area contributed by atoms with Gasteiger partial charge in [0.2, 0.25) is 5.91 Å². The van der Waals surface area contributed by atoms with Crippen LogP contribution in [0.2, 0.25) is 0 Å². The Bertz CT molecular complexity index is 422. The van der Waals surface area contributed by atoms with Gasteiger partial charge in [0.05, 0.1) is 6.07 Å². The van der Waals surface area contributed by atoms with Crippen molar-refractivity contribution >= 4 is 5.91 Å².